The zero-order valence-corrected chi connectivity index (χ0v) is 10.5. The number of rotatable bonds is 2. The number of nitrogens with two attached hydrogens (primary N) is 1. The molecule has 0 aromatic carbocycles. The van der Waals surface area contributed by atoms with Crippen LogP contribution < -0.4 is 11.1 Å². The van der Waals surface area contributed by atoms with Crippen LogP contribution in [0, 0.1) is 18.3 Å². The molecule has 2 heterocycles. The fourth-order valence-electron chi connectivity index (χ4n) is 1.28. The molecule has 0 aliphatic carbocycles. The maximum atomic E-state index is 11.9. The summed E-state index contributed by atoms with van der Waals surface area (Å²) >= 11 is 2.44. The Morgan fingerprint density at radius 2 is 2.41 bits per heavy atom. The van der Waals surface area contributed by atoms with E-state index in [2.05, 4.69) is 10.3 Å². The Labute approximate surface area is 106 Å². The molecule has 5 nitrogen and oxygen atoms in total. The van der Waals surface area contributed by atoms with Gasteiger partial charge < -0.3 is 11.1 Å². The second-order valence-corrected chi connectivity index (χ2v) is 5.14. The molecule has 0 radical (unpaired) electrons. The van der Waals surface area contributed by atoms with E-state index >= 15 is 0 Å². The van der Waals surface area contributed by atoms with Gasteiger partial charge in [-0.1, -0.05) is 11.3 Å². The molecule has 2 aromatic heterocycles. The Kier molecular flexibility index (Phi) is 3.08. The minimum atomic E-state index is -0.282. The fourth-order valence-corrected chi connectivity index (χ4v) is 2.74. The van der Waals surface area contributed by atoms with Gasteiger partial charge in [0, 0.05) is 0 Å². The second-order valence-electron chi connectivity index (χ2n) is 3.20. The molecule has 0 saturated carbocycles. The Hall–Kier alpha value is -1.91. The van der Waals surface area contributed by atoms with E-state index in [9.17, 15) is 4.79 Å². The molecule has 3 N–H and O–H groups in total. The van der Waals surface area contributed by atoms with Crippen LogP contribution in [0.5, 0.6) is 0 Å². The smallest absolute Gasteiger partial charge is 0.268 e. The van der Waals surface area contributed by atoms with Crippen molar-refractivity contribution in [2.24, 2.45) is 0 Å². The van der Waals surface area contributed by atoms with Gasteiger partial charge in [-0.05, 0) is 18.4 Å². The Morgan fingerprint density at radius 3 is 3.00 bits per heavy atom. The number of carbonyl (C=O) groups is 1. The van der Waals surface area contributed by atoms with Crippen molar-refractivity contribution < 1.29 is 4.79 Å². The highest BCUT2D eigenvalue weighted by molar-refractivity contribution is 7.18. The summed E-state index contributed by atoms with van der Waals surface area (Å²) < 4.78 is 0. The van der Waals surface area contributed by atoms with Crippen molar-refractivity contribution in [1.82, 2.24) is 4.98 Å². The zero-order chi connectivity index (χ0) is 12.4. The lowest BCUT2D eigenvalue weighted by atomic mass is 10.3. The van der Waals surface area contributed by atoms with Gasteiger partial charge in [0.25, 0.3) is 5.91 Å². The molecular formula is C10H8N4OS2. The molecule has 2 rings (SSSR count). The van der Waals surface area contributed by atoms with Crippen molar-refractivity contribution in [3.8, 4) is 6.07 Å². The molecular weight excluding hydrogens is 256 g/mol. The van der Waals surface area contributed by atoms with Crippen molar-refractivity contribution in [1.29, 1.82) is 5.26 Å². The summed E-state index contributed by atoms with van der Waals surface area (Å²) in [4.78, 5) is 16.4. The number of amides is 1. The normalized spacial score (nSPS) is 9.88. The average Bonchev–Trinajstić information content (AvgIpc) is 2.84. The van der Waals surface area contributed by atoms with Crippen molar-refractivity contribution in [2.75, 3.05) is 11.1 Å². The van der Waals surface area contributed by atoms with E-state index in [4.69, 9.17) is 11.0 Å². The third-order valence-corrected chi connectivity index (χ3v) is 3.85. The molecule has 17 heavy (non-hydrogen) atoms. The molecule has 2 aromatic rings. The van der Waals surface area contributed by atoms with Crippen LogP contribution in [0.3, 0.4) is 0 Å². The van der Waals surface area contributed by atoms with Gasteiger partial charge in [-0.25, -0.2) is 4.98 Å². The number of nitrogen functional groups attached to an aromatic ring is 1. The van der Waals surface area contributed by atoms with Crippen molar-refractivity contribution in [3.05, 3.63) is 27.6 Å². The highest BCUT2D eigenvalue weighted by Gasteiger charge is 2.16. The number of thiophene rings is 1. The summed E-state index contributed by atoms with van der Waals surface area (Å²) in [5.41, 5.74) is 6.58. The monoisotopic (exact) mass is 264 g/mol. The molecule has 1 amide bonds. The standard InChI is InChI=1S/C10H8N4OS2/c1-5-7(17-10(12)13-5)8(15)14-9-6(4-11)2-3-16-9/h2-3H,1H3,(H2,12,13)(H,14,15). The van der Waals surface area contributed by atoms with Crippen LogP contribution in [-0.2, 0) is 0 Å². The predicted octanol–water partition coefficient (Wildman–Crippen LogP) is 2.22. The van der Waals surface area contributed by atoms with Crippen LogP contribution >= 0.6 is 22.7 Å². The maximum absolute atomic E-state index is 11.9. The lowest BCUT2D eigenvalue weighted by Crippen LogP contribution is -2.11. The number of aromatic nitrogens is 1. The summed E-state index contributed by atoms with van der Waals surface area (Å²) in [6.45, 7) is 1.72. The Balaban J connectivity index is 2.24. The van der Waals surface area contributed by atoms with Crippen molar-refractivity contribution in [3.63, 3.8) is 0 Å². The zero-order valence-electron chi connectivity index (χ0n) is 8.85. The van der Waals surface area contributed by atoms with Crippen LogP contribution in [-0.4, -0.2) is 10.9 Å². The first-order valence-corrected chi connectivity index (χ1v) is 6.33. The van der Waals surface area contributed by atoms with Gasteiger partial charge in [-0.2, -0.15) is 5.26 Å². The summed E-state index contributed by atoms with van der Waals surface area (Å²) in [5.74, 6) is -0.282. The van der Waals surface area contributed by atoms with Gasteiger partial charge in [-0.3, -0.25) is 4.79 Å². The highest BCUT2D eigenvalue weighted by atomic mass is 32.1. The topological polar surface area (TPSA) is 91.8 Å². The second kappa shape index (κ2) is 4.53. The van der Waals surface area contributed by atoms with E-state index in [-0.39, 0.29) is 5.91 Å². The third-order valence-electron chi connectivity index (χ3n) is 2.03. The number of hydrogen-bond acceptors (Lipinski definition) is 6. The van der Waals surface area contributed by atoms with E-state index in [1.807, 2.05) is 6.07 Å². The van der Waals surface area contributed by atoms with Crippen LogP contribution in [0.2, 0.25) is 0 Å². The molecule has 0 aliphatic rings. The molecule has 0 fully saturated rings. The van der Waals surface area contributed by atoms with Crippen LogP contribution in [0.15, 0.2) is 11.4 Å². The number of nitrogens with one attached hydrogen (secondary N) is 1. The van der Waals surface area contributed by atoms with Crippen molar-refractivity contribution >= 4 is 38.7 Å². The number of nitriles is 1. The summed E-state index contributed by atoms with van der Waals surface area (Å²) in [7, 11) is 0. The van der Waals surface area contributed by atoms with E-state index in [0.717, 1.165) is 11.3 Å². The highest BCUT2D eigenvalue weighted by Crippen LogP contribution is 2.25. The van der Waals surface area contributed by atoms with Crippen LogP contribution in [0.25, 0.3) is 0 Å². The van der Waals surface area contributed by atoms with Gasteiger partial charge in [-0.15, -0.1) is 11.3 Å². The van der Waals surface area contributed by atoms with E-state index in [0.29, 0.717) is 26.3 Å². The van der Waals surface area contributed by atoms with Gasteiger partial charge in [0.1, 0.15) is 15.9 Å². The third kappa shape index (κ3) is 2.27. The summed E-state index contributed by atoms with van der Waals surface area (Å²) in [6, 6.07) is 3.67. The first kappa shape index (κ1) is 11.6. The molecule has 0 unspecified atom stereocenters. The van der Waals surface area contributed by atoms with Crippen LogP contribution in [0.1, 0.15) is 20.9 Å². The number of carbonyl (C=O) groups excluding carboxylic acids is 1. The number of anilines is 2. The molecule has 86 valence electrons. The quantitative estimate of drug-likeness (QED) is 0.869. The largest absolute Gasteiger partial charge is 0.375 e. The maximum Gasteiger partial charge on any atom is 0.268 e. The van der Waals surface area contributed by atoms with Gasteiger partial charge >= 0.3 is 0 Å². The Morgan fingerprint density at radius 1 is 1.65 bits per heavy atom. The van der Waals surface area contributed by atoms with Gasteiger partial charge in [0.2, 0.25) is 0 Å². The molecule has 7 heteroatoms. The first-order valence-electron chi connectivity index (χ1n) is 4.63. The van der Waals surface area contributed by atoms with E-state index in [1.54, 1.807) is 18.4 Å². The summed E-state index contributed by atoms with van der Waals surface area (Å²) in [6.07, 6.45) is 0. The number of aryl methyl sites for hydroxylation is 1. The van der Waals surface area contributed by atoms with E-state index in [1.165, 1.54) is 11.3 Å². The summed E-state index contributed by atoms with van der Waals surface area (Å²) in [5, 5.41) is 14.2. The number of nitrogens with zero attached hydrogens (tertiary/aromatic N) is 2. The molecule has 0 saturated heterocycles. The molecule has 0 spiro atoms. The molecule has 0 aliphatic heterocycles. The van der Waals surface area contributed by atoms with Crippen molar-refractivity contribution in [2.45, 2.75) is 6.92 Å². The van der Waals surface area contributed by atoms with Gasteiger partial charge in [0.05, 0.1) is 11.3 Å². The average molecular weight is 264 g/mol. The lowest BCUT2D eigenvalue weighted by molar-refractivity contribution is 0.103. The van der Waals surface area contributed by atoms with Crippen LogP contribution in [0.4, 0.5) is 10.1 Å². The minimum Gasteiger partial charge on any atom is -0.375 e. The molecule has 0 bridgehead atoms. The predicted molar refractivity (Wildman–Crippen MR) is 68.3 cm³/mol. The number of hydrogen-bond donors (Lipinski definition) is 2. The Bertz CT molecular complexity index is 608. The minimum absolute atomic E-state index is 0.282. The fraction of sp³-hybridized carbons (Fsp3) is 0.100. The molecule has 0 atom stereocenters. The van der Waals surface area contributed by atoms with E-state index < -0.39 is 0 Å². The number of thiazole rings is 1. The van der Waals surface area contributed by atoms with Gasteiger partial charge in [0.15, 0.2) is 5.13 Å². The first-order chi connectivity index (χ1) is 8.11. The SMILES string of the molecule is Cc1nc(N)sc1C(=O)Nc1sccc1C#N. The lowest BCUT2D eigenvalue weighted by Gasteiger charge is -2.00.